The molecule has 112 valence electrons. The molecule has 4 heteroatoms. The van der Waals surface area contributed by atoms with E-state index in [1.165, 1.54) is 18.4 Å². The third kappa shape index (κ3) is 3.07. The zero-order valence-electron chi connectivity index (χ0n) is 12.7. The molecule has 0 aromatic heterocycles. The monoisotopic (exact) mass is 278 g/mol. The molecule has 1 aliphatic rings. The summed E-state index contributed by atoms with van der Waals surface area (Å²) in [5.41, 5.74) is 7.01. The fourth-order valence-electron chi connectivity index (χ4n) is 3.09. The Morgan fingerprint density at radius 3 is 2.85 bits per heavy atom. The third-order valence-electron chi connectivity index (χ3n) is 4.54. The Kier molecular flexibility index (Phi) is 4.89. The fourth-order valence-corrected chi connectivity index (χ4v) is 3.09. The zero-order valence-corrected chi connectivity index (χ0v) is 12.7. The molecule has 20 heavy (non-hydrogen) atoms. The average Bonchev–Trinajstić information content (AvgIpc) is 2.47. The van der Waals surface area contributed by atoms with Gasteiger partial charge in [-0.05, 0) is 56.8 Å². The number of benzene rings is 1. The highest BCUT2D eigenvalue weighted by Gasteiger charge is 2.29. The van der Waals surface area contributed by atoms with Gasteiger partial charge in [-0.1, -0.05) is 6.07 Å². The molecule has 1 fully saturated rings. The Morgan fingerprint density at radius 1 is 1.45 bits per heavy atom. The molecule has 0 bridgehead atoms. The summed E-state index contributed by atoms with van der Waals surface area (Å²) in [5.74, 6) is 1.32. The highest BCUT2D eigenvalue weighted by Crippen LogP contribution is 2.34. The van der Waals surface area contributed by atoms with Crippen LogP contribution in [0.2, 0.25) is 0 Å². The number of nitrogens with zero attached hydrogens (tertiary/aromatic N) is 1. The molecule has 1 aromatic carbocycles. The largest absolute Gasteiger partial charge is 0.504 e. The molecule has 3 atom stereocenters. The summed E-state index contributed by atoms with van der Waals surface area (Å²) in [4.78, 5) is 2.51. The lowest BCUT2D eigenvalue weighted by molar-refractivity contribution is 0.0811. The van der Waals surface area contributed by atoms with E-state index < -0.39 is 0 Å². The van der Waals surface area contributed by atoms with Crippen LogP contribution in [0.25, 0.3) is 0 Å². The Bertz CT molecular complexity index is 450. The predicted octanol–water partition coefficient (Wildman–Crippen LogP) is 2.52. The molecular weight excluding hydrogens is 252 g/mol. The number of methoxy groups -OCH3 is 1. The van der Waals surface area contributed by atoms with Crippen molar-refractivity contribution >= 4 is 0 Å². The first-order chi connectivity index (χ1) is 9.56. The Hall–Kier alpha value is -1.26. The number of likely N-dealkylation sites (tertiary alicyclic amines) is 1. The normalized spacial score (nSPS) is 25.4. The minimum atomic E-state index is 0.190. The summed E-state index contributed by atoms with van der Waals surface area (Å²) in [5, 5.41) is 9.70. The first-order valence-corrected chi connectivity index (χ1v) is 7.39. The Labute approximate surface area is 121 Å². The molecule has 0 spiro atoms. The van der Waals surface area contributed by atoms with Crippen LogP contribution in [0.5, 0.6) is 11.5 Å². The van der Waals surface area contributed by atoms with Crippen LogP contribution in [-0.2, 0) is 0 Å². The van der Waals surface area contributed by atoms with Gasteiger partial charge in [0.1, 0.15) is 0 Å². The minimum Gasteiger partial charge on any atom is -0.504 e. The third-order valence-corrected chi connectivity index (χ3v) is 4.54. The summed E-state index contributed by atoms with van der Waals surface area (Å²) in [7, 11) is 1.58. The van der Waals surface area contributed by atoms with Crippen molar-refractivity contribution in [2.75, 3.05) is 20.2 Å². The minimum absolute atomic E-state index is 0.190. The van der Waals surface area contributed by atoms with Crippen molar-refractivity contribution in [1.82, 2.24) is 4.90 Å². The van der Waals surface area contributed by atoms with E-state index in [1.807, 2.05) is 12.1 Å². The van der Waals surface area contributed by atoms with E-state index in [1.54, 1.807) is 13.2 Å². The van der Waals surface area contributed by atoms with Gasteiger partial charge in [0.15, 0.2) is 11.5 Å². The molecule has 1 heterocycles. The van der Waals surface area contributed by atoms with Gasteiger partial charge in [0, 0.05) is 18.6 Å². The van der Waals surface area contributed by atoms with Gasteiger partial charge >= 0.3 is 0 Å². The van der Waals surface area contributed by atoms with Gasteiger partial charge in [-0.2, -0.15) is 0 Å². The lowest BCUT2D eigenvalue weighted by atomic mass is 9.91. The number of aromatic hydroxyl groups is 1. The van der Waals surface area contributed by atoms with E-state index in [-0.39, 0.29) is 5.75 Å². The van der Waals surface area contributed by atoms with Crippen molar-refractivity contribution in [2.24, 2.45) is 11.7 Å². The quantitative estimate of drug-likeness (QED) is 0.888. The van der Waals surface area contributed by atoms with E-state index >= 15 is 0 Å². The molecular formula is C16H26N2O2. The van der Waals surface area contributed by atoms with Crippen LogP contribution < -0.4 is 10.5 Å². The second-order valence-corrected chi connectivity index (χ2v) is 5.83. The molecule has 3 unspecified atom stereocenters. The molecule has 0 saturated carbocycles. The molecule has 1 aliphatic heterocycles. The number of rotatable bonds is 4. The predicted molar refractivity (Wildman–Crippen MR) is 81.0 cm³/mol. The van der Waals surface area contributed by atoms with Crippen molar-refractivity contribution in [1.29, 1.82) is 0 Å². The molecule has 3 N–H and O–H groups in total. The SMILES string of the molecule is COc1cc(C(C)N2CC(CN)CCC2C)ccc1O. The molecule has 1 saturated heterocycles. The van der Waals surface area contributed by atoms with Gasteiger partial charge in [-0.15, -0.1) is 0 Å². The van der Waals surface area contributed by atoms with Crippen LogP contribution in [0.1, 0.15) is 38.3 Å². The van der Waals surface area contributed by atoms with Crippen molar-refractivity contribution < 1.29 is 9.84 Å². The van der Waals surface area contributed by atoms with Crippen LogP contribution in [-0.4, -0.2) is 36.2 Å². The summed E-state index contributed by atoms with van der Waals surface area (Å²) in [6.07, 6.45) is 2.42. The van der Waals surface area contributed by atoms with Crippen LogP contribution >= 0.6 is 0 Å². The van der Waals surface area contributed by atoms with Crippen LogP contribution in [0.3, 0.4) is 0 Å². The lowest BCUT2D eigenvalue weighted by Crippen LogP contribution is -2.44. The van der Waals surface area contributed by atoms with E-state index in [0.29, 0.717) is 23.8 Å². The summed E-state index contributed by atoms with van der Waals surface area (Å²) >= 11 is 0. The van der Waals surface area contributed by atoms with E-state index in [9.17, 15) is 5.11 Å². The average molecular weight is 278 g/mol. The summed E-state index contributed by atoms with van der Waals surface area (Å²) < 4.78 is 5.20. The zero-order chi connectivity index (χ0) is 14.7. The molecule has 4 nitrogen and oxygen atoms in total. The van der Waals surface area contributed by atoms with Gasteiger partial charge in [0.05, 0.1) is 7.11 Å². The van der Waals surface area contributed by atoms with E-state index in [2.05, 4.69) is 18.7 Å². The highest BCUT2D eigenvalue weighted by atomic mass is 16.5. The molecule has 0 aliphatic carbocycles. The number of nitrogens with two attached hydrogens (primary N) is 1. The first kappa shape index (κ1) is 15.1. The topological polar surface area (TPSA) is 58.7 Å². The second-order valence-electron chi connectivity index (χ2n) is 5.83. The van der Waals surface area contributed by atoms with Gasteiger partial charge < -0.3 is 15.6 Å². The number of phenolic OH excluding ortho intramolecular Hbond substituents is 1. The number of piperidine rings is 1. The maximum atomic E-state index is 9.70. The first-order valence-electron chi connectivity index (χ1n) is 7.39. The Balaban J connectivity index is 2.18. The summed E-state index contributed by atoms with van der Waals surface area (Å²) in [6.45, 7) is 6.29. The highest BCUT2D eigenvalue weighted by molar-refractivity contribution is 5.42. The number of hydrogen-bond acceptors (Lipinski definition) is 4. The van der Waals surface area contributed by atoms with Gasteiger partial charge in [0.25, 0.3) is 0 Å². The van der Waals surface area contributed by atoms with Crippen molar-refractivity contribution in [3.63, 3.8) is 0 Å². The smallest absolute Gasteiger partial charge is 0.160 e. The molecule has 0 amide bonds. The molecule has 2 rings (SSSR count). The number of hydrogen-bond donors (Lipinski definition) is 2. The number of phenols is 1. The van der Waals surface area contributed by atoms with Gasteiger partial charge in [-0.3, -0.25) is 4.90 Å². The molecule has 1 aromatic rings. The van der Waals surface area contributed by atoms with Gasteiger partial charge in [-0.25, -0.2) is 0 Å². The second kappa shape index (κ2) is 6.46. The standard InChI is InChI=1S/C16H26N2O2/c1-11-4-5-13(9-17)10-18(11)12(2)14-6-7-15(19)16(8-14)20-3/h6-8,11-13,19H,4-5,9-10,17H2,1-3H3. The van der Waals surface area contributed by atoms with Crippen LogP contribution in [0.4, 0.5) is 0 Å². The molecule has 0 radical (unpaired) electrons. The maximum absolute atomic E-state index is 9.70. The van der Waals surface area contributed by atoms with Crippen molar-refractivity contribution in [2.45, 2.75) is 38.8 Å². The lowest BCUT2D eigenvalue weighted by Gasteiger charge is -2.41. The van der Waals surface area contributed by atoms with Crippen molar-refractivity contribution in [3.05, 3.63) is 23.8 Å². The van der Waals surface area contributed by atoms with Gasteiger partial charge in [0.2, 0.25) is 0 Å². The van der Waals surface area contributed by atoms with Crippen molar-refractivity contribution in [3.8, 4) is 11.5 Å². The van der Waals surface area contributed by atoms with Crippen LogP contribution in [0.15, 0.2) is 18.2 Å². The summed E-state index contributed by atoms with van der Waals surface area (Å²) in [6, 6.07) is 6.47. The number of ether oxygens (including phenoxy) is 1. The maximum Gasteiger partial charge on any atom is 0.160 e. The fraction of sp³-hybridized carbons (Fsp3) is 0.625. The Morgan fingerprint density at radius 2 is 2.20 bits per heavy atom. The van der Waals surface area contributed by atoms with E-state index in [4.69, 9.17) is 10.5 Å². The van der Waals surface area contributed by atoms with Crippen LogP contribution in [0, 0.1) is 5.92 Å². The van der Waals surface area contributed by atoms with E-state index in [0.717, 1.165) is 13.1 Å².